The van der Waals surface area contributed by atoms with Crippen LogP contribution in [-0.2, 0) is 18.4 Å². The van der Waals surface area contributed by atoms with E-state index < -0.39 is 0 Å². The van der Waals surface area contributed by atoms with Crippen LogP contribution in [0.25, 0.3) is 0 Å². The van der Waals surface area contributed by atoms with Crippen LogP contribution in [0.1, 0.15) is 19.7 Å². The lowest BCUT2D eigenvalue weighted by atomic mass is 10.1. The molecule has 1 saturated heterocycles. The van der Waals surface area contributed by atoms with Crippen molar-refractivity contribution in [1.82, 2.24) is 19.4 Å². The van der Waals surface area contributed by atoms with E-state index in [2.05, 4.69) is 28.6 Å². The Morgan fingerprint density at radius 3 is 2.79 bits per heavy atom. The fourth-order valence-corrected chi connectivity index (χ4v) is 2.62. The molecule has 0 unspecified atom stereocenters. The van der Waals surface area contributed by atoms with E-state index in [-0.39, 0.29) is 11.9 Å². The van der Waals surface area contributed by atoms with Crippen molar-refractivity contribution in [2.24, 2.45) is 12.8 Å². The molecule has 1 amide bonds. The Bertz CT molecular complexity index is 442. The Balaban J connectivity index is 2.03. The summed E-state index contributed by atoms with van der Waals surface area (Å²) in [6, 6.07) is 0.141. The van der Waals surface area contributed by atoms with Gasteiger partial charge in [-0.15, -0.1) is 0 Å². The third kappa shape index (κ3) is 3.13. The number of nitrogens with zero attached hydrogens (tertiary/aromatic N) is 4. The smallest absolute Gasteiger partial charge is 0.236 e. The third-order valence-electron chi connectivity index (χ3n) is 3.78. The van der Waals surface area contributed by atoms with E-state index in [1.54, 1.807) is 6.20 Å². The molecule has 1 fully saturated rings. The van der Waals surface area contributed by atoms with Crippen LogP contribution in [0.3, 0.4) is 0 Å². The lowest BCUT2D eigenvalue weighted by Gasteiger charge is -2.41. The Hall–Kier alpha value is -1.40. The van der Waals surface area contributed by atoms with Crippen LogP contribution in [0.2, 0.25) is 0 Å². The van der Waals surface area contributed by atoms with Crippen LogP contribution in [0.4, 0.5) is 0 Å². The van der Waals surface area contributed by atoms with Gasteiger partial charge in [0.15, 0.2) is 0 Å². The Labute approximate surface area is 114 Å². The van der Waals surface area contributed by atoms with Crippen LogP contribution < -0.4 is 5.73 Å². The van der Waals surface area contributed by atoms with E-state index in [0.717, 1.165) is 25.5 Å². The summed E-state index contributed by atoms with van der Waals surface area (Å²) >= 11 is 0. The minimum absolute atomic E-state index is 0.200. The molecule has 1 aliphatic rings. The highest BCUT2D eigenvalue weighted by molar-refractivity contribution is 5.80. The first-order valence-electron chi connectivity index (χ1n) is 6.72. The maximum Gasteiger partial charge on any atom is 0.236 e. The van der Waals surface area contributed by atoms with Gasteiger partial charge in [-0.3, -0.25) is 14.6 Å². The van der Waals surface area contributed by atoms with Crippen LogP contribution in [0, 0.1) is 0 Å². The number of carbonyl (C=O) groups excluding carboxylic acids is 1. The fourth-order valence-electron chi connectivity index (χ4n) is 2.62. The predicted molar refractivity (Wildman–Crippen MR) is 73.3 cm³/mol. The van der Waals surface area contributed by atoms with Crippen molar-refractivity contribution < 1.29 is 4.79 Å². The van der Waals surface area contributed by atoms with Gasteiger partial charge in [-0.05, 0) is 13.8 Å². The Morgan fingerprint density at radius 2 is 2.26 bits per heavy atom. The van der Waals surface area contributed by atoms with Crippen LogP contribution in [-0.4, -0.2) is 57.0 Å². The highest BCUT2D eigenvalue weighted by atomic mass is 16.1. The zero-order chi connectivity index (χ0) is 14.0. The summed E-state index contributed by atoms with van der Waals surface area (Å²) in [5.74, 6) is 0.777. The molecule has 2 N–H and O–H groups in total. The third-order valence-corrected chi connectivity index (χ3v) is 3.78. The number of aromatic nitrogens is 2. The maximum atomic E-state index is 11.6. The number of hydrogen-bond donors (Lipinski definition) is 1. The van der Waals surface area contributed by atoms with Crippen molar-refractivity contribution >= 4 is 5.91 Å². The number of piperazine rings is 1. The molecule has 0 aliphatic carbocycles. The van der Waals surface area contributed by atoms with Crippen molar-refractivity contribution in [2.75, 3.05) is 19.6 Å². The number of hydrogen-bond acceptors (Lipinski definition) is 4. The molecule has 2 heterocycles. The van der Waals surface area contributed by atoms with Crippen molar-refractivity contribution in [1.29, 1.82) is 0 Å². The molecule has 19 heavy (non-hydrogen) atoms. The van der Waals surface area contributed by atoms with Crippen molar-refractivity contribution in [3.8, 4) is 0 Å². The monoisotopic (exact) mass is 265 g/mol. The van der Waals surface area contributed by atoms with Crippen molar-refractivity contribution in [3.63, 3.8) is 0 Å². The molecule has 0 radical (unpaired) electrons. The summed E-state index contributed by atoms with van der Waals surface area (Å²) in [6.45, 7) is 7.46. The largest absolute Gasteiger partial charge is 0.368 e. The molecule has 0 spiro atoms. The molecular formula is C13H23N5O. The van der Waals surface area contributed by atoms with E-state index in [4.69, 9.17) is 5.73 Å². The summed E-state index contributed by atoms with van der Waals surface area (Å²) in [6.07, 6.45) is 3.73. The van der Waals surface area contributed by atoms with Gasteiger partial charge in [0.1, 0.15) is 11.9 Å². The van der Waals surface area contributed by atoms with Gasteiger partial charge >= 0.3 is 0 Å². The van der Waals surface area contributed by atoms with Gasteiger partial charge in [0.05, 0.1) is 6.54 Å². The minimum atomic E-state index is -0.238. The molecule has 0 aromatic carbocycles. The number of primary amides is 1. The lowest BCUT2D eigenvalue weighted by Crippen LogP contribution is -2.59. The van der Waals surface area contributed by atoms with Crippen LogP contribution in [0.15, 0.2) is 12.4 Å². The molecule has 0 saturated carbocycles. The second-order valence-electron chi connectivity index (χ2n) is 5.44. The quantitative estimate of drug-likeness (QED) is 0.819. The molecule has 1 aromatic heterocycles. The first kappa shape index (κ1) is 14.0. The Morgan fingerprint density at radius 1 is 1.53 bits per heavy atom. The van der Waals surface area contributed by atoms with Gasteiger partial charge in [-0.2, -0.15) is 0 Å². The van der Waals surface area contributed by atoms with E-state index in [9.17, 15) is 4.79 Å². The average Bonchev–Trinajstić information content (AvgIpc) is 2.74. The highest BCUT2D eigenvalue weighted by Gasteiger charge is 2.32. The number of aryl methyl sites for hydroxylation is 1. The van der Waals surface area contributed by atoms with Gasteiger partial charge in [-0.1, -0.05) is 0 Å². The van der Waals surface area contributed by atoms with E-state index in [1.165, 1.54) is 0 Å². The van der Waals surface area contributed by atoms with Crippen molar-refractivity contribution in [3.05, 3.63) is 18.2 Å². The van der Waals surface area contributed by atoms with Crippen LogP contribution in [0.5, 0.6) is 0 Å². The summed E-state index contributed by atoms with van der Waals surface area (Å²) in [5.41, 5.74) is 5.53. The lowest BCUT2D eigenvalue weighted by molar-refractivity contribution is -0.126. The SMILES string of the molecule is CC(C)N1CCN(Cc2nccn2C)C[C@H]1C(N)=O. The minimum Gasteiger partial charge on any atom is -0.368 e. The molecule has 6 heteroatoms. The number of rotatable bonds is 4. The van der Waals surface area contributed by atoms with Crippen molar-refractivity contribution in [2.45, 2.75) is 32.5 Å². The van der Waals surface area contributed by atoms with Crippen LogP contribution >= 0.6 is 0 Å². The summed E-state index contributed by atoms with van der Waals surface area (Å²) in [7, 11) is 1.98. The number of amides is 1. The van der Waals surface area contributed by atoms with E-state index in [0.29, 0.717) is 12.6 Å². The zero-order valence-electron chi connectivity index (χ0n) is 11.9. The maximum absolute atomic E-state index is 11.6. The first-order chi connectivity index (χ1) is 8.99. The summed E-state index contributed by atoms with van der Waals surface area (Å²) in [5, 5.41) is 0. The highest BCUT2D eigenvalue weighted by Crippen LogP contribution is 2.15. The second-order valence-corrected chi connectivity index (χ2v) is 5.44. The number of imidazole rings is 1. The molecular weight excluding hydrogens is 242 g/mol. The molecule has 1 atom stereocenters. The average molecular weight is 265 g/mol. The fraction of sp³-hybridized carbons (Fsp3) is 0.692. The number of carbonyl (C=O) groups is 1. The number of nitrogens with two attached hydrogens (primary N) is 1. The predicted octanol–water partition coefficient (Wildman–Crippen LogP) is -0.200. The summed E-state index contributed by atoms with van der Waals surface area (Å²) < 4.78 is 2.01. The first-order valence-corrected chi connectivity index (χ1v) is 6.72. The van der Waals surface area contributed by atoms with Gasteiger partial charge < -0.3 is 10.3 Å². The molecule has 2 rings (SSSR count). The van der Waals surface area contributed by atoms with E-state index >= 15 is 0 Å². The molecule has 106 valence electrons. The normalized spacial score (nSPS) is 22.0. The molecule has 6 nitrogen and oxygen atoms in total. The molecule has 1 aromatic rings. The molecule has 0 bridgehead atoms. The van der Waals surface area contributed by atoms with Gasteiger partial charge in [0, 0.05) is 45.1 Å². The van der Waals surface area contributed by atoms with Gasteiger partial charge in [0.25, 0.3) is 0 Å². The standard InChI is InChI=1S/C13H23N5O/c1-10(2)18-7-6-17(8-11(18)13(14)19)9-12-15-4-5-16(12)3/h4-5,10-11H,6-9H2,1-3H3,(H2,14,19)/t11-/m0/s1. The van der Waals surface area contributed by atoms with Gasteiger partial charge in [0.2, 0.25) is 5.91 Å². The second kappa shape index (κ2) is 5.71. The summed E-state index contributed by atoms with van der Waals surface area (Å²) in [4.78, 5) is 20.4. The Kier molecular flexibility index (Phi) is 4.21. The topological polar surface area (TPSA) is 67.4 Å². The zero-order valence-corrected chi connectivity index (χ0v) is 11.9. The molecule has 1 aliphatic heterocycles. The van der Waals surface area contributed by atoms with Gasteiger partial charge in [-0.25, -0.2) is 4.98 Å². The van der Waals surface area contributed by atoms with E-state index in [1.807, 2.05) is 17.8 Å².